The number of hydrogen-bond acceptors (Lipinski definition) is 6. The SMILES string of the molecule is CC(C)OC(=O)c1ccc(NC(=O)CCC(=O)OCC(=O)Nc2ccccc2)cc1. The summed E-state index contributed by atoms with van der Waals surface area (Å²) in [6.07, 6.45) is -0.486. The highest BCUT2D eigenvalue weighted by molar-refractivity contribution is 5.95. The number of benzene rings is 2. The molecule has 8 heteroatoms. The number of esters is 2. The maximum atomic E-state index is 12.0. The summed E-state index contributed by atoms with van der Waals surface area (Å²) in [5.74, 6) is -1.95. The summed E-state index contributed by atoms with van der Waals surface area (Å²) in [5, 5.41) is 5.21. The summed E-state index contributed by atoms with van der Waals surface area (Å²) in [4.78, 5) is 47.2. The Morgan fingerprint density at radius 3 is 2.03 bits per heavy atom. The van der Waals surface area contributed by atoms with Gasteiger partial charge in [0.05, 0.1) is 18.1 Å². The zero-order valence-corrected chi connectivity index (χ0v) is 16.8. The van der Waals surface area contributed by atoms with Crippen LogP contribution in [-0.2, 0) is 23.9 Å². The van der Waals surface area contributed by atoms with E-state index in [1.54, 1.807) is 62.4 Å². The molecule has 0 radical (unpaired) electrons. The van der Waals surface area contributed by atoms with Crippen molar-refractivity contribution in [2.75, 3.05) is 17.2 Å². The quantitative estimate of drug-likeness (QED) is 0.612. The number of anilines is 2. The van der Waals surface area contributed by atoms with E-state index >= 15 is 0 Å². The van der Waals surface area contributed by atoms with Crippen molar-refractivity contribution in [2.45, 2.75) is 32.8 Å². The molecular formula is C22H24N2O6. The number of para-hydroxylation sites is 1. The van der Waals surface area contributed by atoms with E-state index in [2.05, 4.69) is 10.6 Å². The third-order valence-electron chi connectivity index (χ3n) is 3.73. The van der Waals surface area contributed by atoms with Crippen molar-refractivity contribution in [1.29, 1.82) is 0 Å². The summed E-state index contributed by atoms with van der Waals surface area (Å²) in [6, 6.07) is 15.0. The van der Waals surface area contributed by atoms with Crippen molar-refractivity contribution >= 4 is 35.1 Å². The molecule has 0 fully saturated rings. The Balaban J connectivity index is 1.69. The average molecular weight is 412 g/mol. The normalized spacial score (nSPS) is 10.2. The lowest BCUT2D eigenvalue weighted by atomic mass is 10.2. The van der Waals surface area contributed by atoms with Crippen LogP contribution in [0, 0.1) is 0 Å². The van der Waals surface area contributed by atoms with Crippen LogP contribution >= 0.6 is 0 Å². The molecule has 2 aromatic rings. The molecule has 8 nitrogen and oxygen atoms in total. The van der Waals surface area contributed by atoms with Crippen molar-refractivity contribution in [3.05, 3.63) is 60.2 Å². The third-order valence-corrected chi connectivity index (χ3v) is 3.73. The molecule has 0 unspecified atom stereocenters. The van der Waals surface area contributed by atoms with Gasteiger partial charge in [-0.1, -0.05) is 18.2 Å². The first-order valence-corrected chi connectivity index (χ1v) is 9.45. The van der Waals surface area contributed by atoms with E-state index in [4.69, 9.17) is 9.47 Å². The summed E-state index contributed by atoms with van der Waals surface area (Å²) in [7, 11) is 0. The van der Waals surface area contributed by atoms with Crippen molar-refractivity contribution < 1.29 is 28.7 Å². The van der Waals surface area contributed by atoms with Gasteiger partial charge >= 0.3 is 11.9 Å². The van der Waals surface area contributed by atoms with E-state index in [0.29, 0.717) is 16.9 Å². The molecule has 0 bridgehead atoms. The van der Waals surface area contributed by atoms with Gasteiger partial charge in [0.15, 0.2) is 6.61 Å². The summed E-state index contributed by atoms with van der Waals surface area (Å²) in [5.41, 5.74) is 1.46. The van der Waals surface area contributed by atoms with E-state index < -0.39 is 30.4 Å². The monoisotopic (exact) mass is 412 g/mol. The highest BCUT2D eigenvalue weighted by Crippen LogP contribution is 2.12. The lowest BCUT2D eigenvalue weighted by Crippen LogP contribution is -2.21. The number of nitrogens with one attached hydrogen (secondary N) is 2. The van der Waals surface area contributed by atoms with Crippen LogP contribution in [-0.4, -0.2) is 36.5 Å². The van der Waals surface area contributed by atoms with Crippen LogP contribution in [0.1, 0.15) is 37.0 Å². The molecule has 0 spiro atoms. The van der Waals surface area contributed by atoms with Crippen LogP contribution in [0.4, 0.5) is 11.4 Å². The fourth-order valence-electron chi connectivity index (χ4n) is 2.35. The van der Waals surface area contributed by atoms with Crippen molar-refractivity contribution in [2.24, 2.45) is 0 Å². The van der Waals surface area contributed by atoms with Gasteiger partial charge in [0, 0.05) is 17.8 Å². The van der Waals surface area contributed by atoms with Crippen molar-refractivity contribution in [3.63, 3.8) is 0 Å². The Bertz CT molecular complexity index is 878. The molecule has 0 aliphatic heterocycles. The number of carbonyl (C=O) groups is 4. The minimum absolute atomic E-state index is 0.101. The van der Waals surface area contributed by atoms with Gasteiger partial charge in [-0.25, -0.2) is 4.79 Å². The maximum Gasteiger partial charge on any atom is 0.338 e. The average Bonchev–Trinajstić information content (AvgIpc) is 2.71. The first-order valence-electron chi connectivity index (χ1n) is 9.45. The highest BCUT2D eigenvalue weighted by atomic mass is 16.5. The van der Waals surface area contributed by atoms with Crippen LogP contribution in [0.25, 0.3) is 0 Å². The van der Waals surface area contributed by atoms with Gasteiger partial charge in [-0.3, -0.25) is 14.4 Å². The molecule has 0 saturated heterocycles. The predicted molar refractivity (Wildman–Crippen MR) is 111 cm³/mol. The van der Waals surface area contributed by atoms with E-state index in [0.717, 1.165) is 0 Å². The van der Waals surface area contributed by atoms with Gasteiger partial charge < -0.3 is 20.1 Å². The second-order valence-electron chi connectivity index (χ2n) is 6.65. The topological polar surface area (TPSA) is 111 Å². The molecule has 0 heterocycles. The number of amides is 2. The number of ether oxygens (including phenoxy) is 2. The molecule has 2 N–H and O–H groups in total. The van der Waals surface area contributed by atoms with Gasteiger partial charge in [0.2, 0.25) is 5.91 Å². The lowest BCUT2D eigenvalue weighted by Gasteiger charge is -2.09. The zero-order chi connectivity index (χ0) is 21.9. The first-order chi connectivity index (χ1) is 14.3. The molecule has 0 aromatic heterocycles. The minimum Gasteiger partial charge on any atom is -0.459 e. The zero-order valence-electron chi connectivity index (χ0n) is 16.8. The Morgan fingerprint density at radius 1 is 0.800 bits per heavy atom. The first kappa shape index (κ1) is 22.6. The van der Waals surface area contributed by atoms with Gasteiger partial charge in [-0.15, -0.1) is 0 Å². The second-order valence-corrected chi connectivity index (χ2v) is 6.65. The fraction of sp³-hybridized carbons (Fsp3) is 0.273. The Morgan fingerprint density at radius 2 is 1.40 bits per heavy atom. The van der Waals surface area contributed by atoms with Crippen LogP contribution in [0.5, 0.6) is 0 Å². The molecule has 0 saturated carbocycles. The smallest absolute Gasteiger partial charge is 0.338 e. The molecule has 30 heavy (non-hydrogen) atoms. The number of carbonyl (C=O) groups excluding carboxylic acids is 4. The van der Waals surface area contributed by atoms with Crippen LogP contribution in [0.3, 0.4) is 0 Å². The van der Waals surface area contributed by atoms with Crippen molar-refractivity contribution in [1.82, 2.24) is 0 Å². The Kier molecular flexibility index (Phi) is 8.56. The molecule has 158 valence electrons. The summed E-state index contributed by atoms with van der Waals surface area (Å²) < 4.78 is 9.96. The molecule has 0 atom stereocenters. The highest BCUT2D eigenvalue weighted by Gasteiger charge is 2.12. The predicted octanol–water partition coefficient (Wildman–Crippen LogP) is 3.15. The molecule has 2 amide bonds. The van der Waals surface area contributed by atoms with E-state index in [1.807, 2.05) is 6.07 Å². The van der Waals surface area contributed by atoms with Gasteiger partial charge in [0.1, 0.15) is 0 Å². The molecule has 0 aliphatic rings. The van der Waals surface area contributed by atoms with Crippen molar-refractivity contribution in [3.8, 4) is 0 Å². The van der Waals surface area contributed by atoms with Crippen LogP contribution in [0.15, 0.2) is 54.6 Å². The maximum absolute atomic E-state index is 12.0. The van der Waals surface area contributed by atoms with E-state index in [9.17, 15) is 19.2 Å². The molecule has 0 aliphatic carbocycles. The molecular weight excluding hydrogens is 388 g/mol. The Labute approximate surface area is 174 Å². The second kappa shape index (κ2) is 11.4. The summed E-state index contributed by atoms with van der Waals surface area (Å²) >= 11 is 0. The molecule has 2 rings (SSSR count). The third kappa shape index (κ3) is 8.14. The largest absolute Gasteiger partial charge is 0.459 e. The number of hydrogen-bond donors (Lipinski definition) is 2. The van der Waals surface area contributed by atoms with Gasteiger partial charge in [0.25, 0.3) is 5.91 Å². The standard InChI is InChI=1S/C22H24N2O6/c1-15(2)30-22(28)16-8-10-18(11-9-16)23-19(25)12-13-21(27)29-14-20(26)24-17-6-4-3-5-7-17/h3-11,15H,12-14H2,1-2H3,(H,23,25)(H,24,26). The minimum atomic E-state index is -0.653. The number of rotatable bonds is 9. The van der Waals surface area contributed by atoms with Gasteiger partial charge in [-0.05, 0) is 50.2 Å². The van der Waals surface area contributed by atoms with Gasteiger partial charge in [-0.2, -0.15) is 0 Å². The fourth-order valence-corrected chi connectivity index (χ4v) is 2.35. The summed E-state index contributed by atoms with van der Waals surface area (Å²) in [6.45, 7) is 3.09. The van der Waals surface area contributed by atoms with E-state index in [-0.39, 0.29) is 18.9 Å². The van der Waals surface area contributed by atoms with Crippen LogP contribution < -0.4 is 10.6 Å². The van der Waals surface area contributed by atoms with Crippen LogP contribution in [0.2, 0.25) is 0 Å². The van der Waals surface area contributed by atoms with E-state index in [1.165, 1.54) is 0 Å². The lowest BCUT2D eigenvalue weighted by molar-refractivity contribution is -0.147. The molecule has 2 aromatic carbocycles. The Hall–Kier alpha value is -3.68.